The van der Waals surface area contributed by atoms with Crippen LogP contribution in [-0.2, 0) is 0 Å². The van der Waals surface area contributed by atoms with Gasteiger partial charge in [0.2, 0.25) is 5.43 Å². The molecular formula is C17H13BrO3. The van der Waals surface area contributed by atoms with Crippen molar-refractivity contribution in [3.63, 3.8) is 0 Å². The number of rotatable bonds is 3. The van der Waals surface area contributed by atoms with Crippen molar-refractivity contribution in [2.45, 2.75) is 6.92 Å². The van der Waals surface area contributed by atoms with Crippen molar-refractivity contribution < 1.29 is 9.90 Å². The highest BCUT2D eigenvalue weighted by Gasteiger charge is 2.10. The first-order valence-electron chi connectivity index (χ1n) is 6.30. The summed E-state index contributed by atoms with van der Waals surface area (Å²) < 4.78 is 0.549. The summed E-state index contributed by atoms with van der Waals surface area (Å²) in [5.41, 5.74) is 1.33. The summed E-state index contributed by atoms with van der Waals surface area (Å²) in [5.74, 6) is -0.968. The highest BCUT2D eigenvalue weighted by atomic mass is 79.9. The molecule has 4 heteroatoms. The van der Waals surface area contributed by atoms with E-state index in [1.165, 1.54) is 24.3 Å². The van der Waals surface area contributed by atoms with Crippen LogP contribution in [0.1, 0.15) is 21.5 Å². The van der Waals surface area contributed by atoms with Crippen LogP contribution in [-0.4, -0.2) is 10.9 Å². The lowest BCUT2D eigenvalue weighted by Gasteiger charge is -1.99. The van der Waals surface area contributed by atoms with E-state index in [2.05, 4.69) is 15.9 Å². The largest absolute Gasteiger partial charge is 0.504 e. The van der Waals surface area contributed by atoms with Crippen LogP contribution in [0.2, 0.25) is 0 Å². The third-order valence-corrected chi connectivity index (χ3v) is 3.53. The third kappa shape index (κ3) is 3.67. The van der Waals surface area contributed by atoms with Gasteiger partial charge in [0, 0.05) is 4.47 Å². The zero-order chi connectivity index (χ0) is 15.4. The number of benzene rings is 1. The number of ketones is 1. The fraction of sp³-hybridized carbons (Fsp3) is 0.0588. The summed E-state index contributed by atoms with van der Waals surface area (Å²) in [6, 6.07) is 11.8. The van der Waals surface area contributed by atoms with Gasteiger partial charge < -0.3 is 5.11 Å². The average molecular weight is 345 g/mol. The normalized spacial score (nSPS) is 10.8. The fourth-order valence-electron chi connectivity index (χ4n) is 1.84. The van der Waals surface area contributed by atoms with Crippen LogP contribution in [0.3, 0.4) is 0 Å². The maximum Gasteiger partial charge on any atom is 0.220 e. The zero-order valence-electron chi connectivity index (χ0n) is 11.3. The number of carbonyl (C=O) groups is 1. The number of hydrogen-bond donors (Lipinski definition) is 1. The number of aryl methyl sites for hydroxylation is 1. The quantitative estimate of drug-likeness (QED) is 0.681. The highest BCUT2D eigenvalue weighted by Crippen LogP contribution is 2.18. The standard InChI is InChI=1S/C17H13BrO3/c1-11-4-2-3-5-12(11)6-8-15(19)14-10-13(18)7-9-16(20)17(14)21/h2-10H,1H3,(H,20,21)/b8-6-. The van der Waals surface area contributed by atoms with Gasteiger partial charge in [0.25, 0.3) is 0 Å². The minimum absolute atomic E-state index is 0.0262. The summed E-state index contributed by atoms with van der Waals surface area (Å²) >= 11 is 3.21. The summed E-state index contributed by atoms with van der Waals surface area (Å²) in [4.78, 5) is 23.8. The molecule has 3 nitrogen and oxygen atoms in total. The van der Waals surface area contributed by atoms with Gasteiger partial charge in [0.1, 0.15) is 0 Å². The molecule has 0 radical (unpaired) electrons. The molecule has 0 saturated heterocycles. The molecular weight excluding hydrogens is 332 g/mol. The predicted octanol–water partition coefficient (Wildman–Crippen LogP) is 3.72. The number of carbonyl (C=O) groups excluding carboxylic acids is 1. The highest BCUT2D eigenvalue weighted by molar-refractivity contribution is 9.10. The van der Waals surface area contributed by atoms with Gasteiger partial charge in [-0.1, -0.05) is 46.3 Å². The van der Waals surface area contributed by atoms with Crippen molar-refractivity contribution in [1.82, 2.24) is 0 Å². The van der Waals surface area contributed by atoms with E-state index in [0.29, 0.717) is 4.47 Å². The van der Waals surface area contributed by atoms with Crippen molar-refractivity contribution in [1.29, 1.82) is 0 Å². The fourth-order valence-corrected chi connectivity index (χ4v) is 2.20. The van der Waals surface area contributed by atoms with Crippen LogP contribution in [0.5, 0.6) is 5.75 Å². The van der Waals surface area contributed by atoms with Crippen LogP contribution in [0, 0.1) is 6.92 Å². The Labute approximate surface area is 130 Å². The molecule has 106 valence electrons. The molecule has 1 N–H and O–H groups in total. The maximum absolute atomic E-state index is 12.2. The minimum Gasteiger partial charge on any atom is -0.504 e. The molecule has 0 aliphatic heterocycles. The predicted molar refractivity (Wildman–Crippen MR) is 86.6 cm³/mol. The van der Waals surface area contributed by atoms with Crippen LogP contribution < -0.4 is 5.43 Å². The molecule has 2 aromatic carbocycles. The molecule has 0 saturated carbocycles. The Morgan fingerprint density at radius 3 is 2.62 bits per heavy atom. The van der Waals surface area contributed by atoms with E-state index >= 15 is 0 Å². The summed E-state index contributed by atoms with van der Waals surface area (Å²) in [6.07, 6.45) is 3.02. The Bertz CT molecular complexity index is 779. The van der Waals surface area contributed by atoms with Crippen molar-refractivity contribution in [2.24, 2.45) is 0 Å². The Balaban J connectivity index is 2.41. The van der Waals surface area contributed by atoms with E-state index < -0.39 is 17.0 Å². The second kappa shape index (κ2) is 6.50. The first-order chi connectivity index (χ1) is 9.99. The lowest BCUT2D eigenvalue weighted by atomic mass is 10.1. The number of allylic oxidation sites excluding steroid dienone is 1. The molecule has 0 amide bonds. The van der Waals surface area contributed by atoms with Gasteiger partial charge in [-0.3, -0.25) is 9.59 Å². The van der Waals surface area contributed by atoms with Gasteiger partial charge >= 0.3 is 0 Å². The van der Waals surface area contributed by atoms with Crippen molar-refractivity contribution >= 4 is 27.8 Å². The molecule has 21 heavy (non-hydrogen) atoms. The maximum atomic E-state index is 12.2. The molecule has 0 unspecified atom stereocenters. The van der Waals surface area contributed by atoms with Crippen LogP contribution in [0.15, 0.2) is 57.8 Å². The molecule has 0 aromatic heterocycles. The number of halogens is 1. The van der Waals surface area contributed by atoms with E-state index in [1.807, 2.05) is 31.2 Å². The SMILES string of the molecule is Cc1ccccc1/C=C\C(=O)c1cc(Br)ccc(=O)c1O. The Kier molecular flexibility index (Phi) is 4.70. The second-order valence-electron chi connectivity index (χ2n) is 4.54. The van der Waals surface area contributed by atoms with E-state index in [0.717, 1.165) is 11.1 Å². The van der Waals surface area contributed by atoms with Crippen molar-refractivity contribution in [3.8, 4) is 5.75 Å². The molecule has 0 heterocycles. The van der Waals surface area contributed by atoms with Gasteiger partial charge in [0.15, 0.2) is 11.5 Å². The molecule has 0 atom stereocenters. The molecule has 0 aliphatic rings. The van der Waals surface area contributed by atoms with Gasteiger partial charge in [-0.15, -0.1) is 0 Å². The smallest absolute Gasteiger partial charge is 0.220 e. The van der Waals surface area contributed by atoms with Gasteiger partial charge in [0.05, 0.1) is 5.56 Å². The van der Waals surface area contributed by atoms with Gasteiger partial charge in [-0.25, -0.2) is 0 Å². The average Bonchev–Trinajstić information content (AvgIpc) is 2.60. The minimum atomic E-state index is -0.589. The lowest BCUT2D eigenvalue weighted by molar-refractivity contribution is 0.104. The van der Waals surface area contributed by atoms with E-state index in [9.17, 15) is 14.7 Å². The molecule has 2 rings (SSSR count). The first kappa shape index (κ1) is 15.2. The number of hydrogen-bond acceptors (Lipinski definition) is 3. The Morgan fingerprint density at radius 2 is 1.90 bits per heavy atom. The molecule has 0 spiro atoms. The molecule has 2 aromatic rings. The monoisotopic (exact) mass is 344 g/mol. The Morgan fingerprint density at radius 1 is 1.19 bits per heavy atom. The van der Waals surface area contributed by atoms with E-state index in [-0.39, 0.29) is 5.56 Å². The molecule has 0 aliphatic carbocycles. The summed E-state index contributed by atoms with van der Waals surface area (Å²) in [6.45, 7) is 1.94. The van der Waals surface area contributed by atoms with E-state index in [1.54, 1.807) is 6.08 Å². The topological polar surface area (TPSA) is 54.4 Å². The van der Waals surface area contributed by atoms with Gasteiger partial charge in [-0.05, 0) is 42.3 Å². The van der Waals surface area contributed by atoms with Crippen molar-refractivity contribution in [3.05, 3.63) is 79.9 Å². The summed E-state index contributed by atoms with van der Waals surface area (Å²) in [5, 5.41) is 9.82. The Hall–Kier alpha value is -2.20. The van der Waals surface area contributed by atoms with Crippen molar-refractivity contribution in [2.75, 3.05) is 0 Å². The van der Waals surface area contributed by atoms with Crippen LogP contribution in [0.25, 0.3) is 6.08 Å². The summed E-state index contributed by atoms with van der Waals surface area (Å²) in [7, 11) is 0. The zero-order valence-corrected chi connectivity index (χ0v) is 12.9. The molecule has 0 bridgehead atoms. The third-order valence-electron chi connectivity index (χ3n) is 3.03. The molecule has 0 fully saturated rings. The second-order valence-corrected chi connectivity index (χ2v) is 5.46. The van der Waals surface area contributed by atoms with E-state index in [4.69, 9.17) is 0 Å². The van der Waals surface area contributed by atoms with Gasteiger partial charge in [-0.2, -0.15) is 0 Å². The number of aromatic hydroxyl groups is 1. The van der Waals surface area contributed by atoms with Crippen LogP contribution >= 0.6 is 15.9 Å². The van der Waals surface area contributed by atoms with Crippen LogP contribution in [0.4, 0.5) is 0 Å². The first-order valence-corrected chi connectivity index (χ1v) is 7.09. The lowest BCUT2D eigenvalue weighted by Crippen LogP contribution is -2.01.